The minimum atomic E-state index is -4.85. The molecule has 1 aromatic carbocycles. The number of para-hydroxylation sites is 1. The normalized spacial score (nSPS) is 11.0. The number of anilines is 1. The van der Waals surface area contributed by atoms with Gasteiger partial charge in [0.15, 0.2) is 5.82 Å². The molecule has 2 heterocycles. The number of rotatable bonds is 8. The molecule has 0 unspecified atom stereocenters. The van der Waals surface area contributed by atoms with Gasteiger partial charge >= 0.3 is 12.3 Å². The zero-order valence-electron chi connectivity index (χ0n) is 17.6. The number of ether oxygens (including phenoxy) is 1. The minimum Gasteiger partial charge on any atom is -0.488 e. The number of nitrogens with zero attached hydrogens (tertiary/aromatic N) is 5. The largest absolute Gasteiger partial charge is 0.488 e. The second kappa shape index (κ2) is 9.98. The molecule has 12 heteroatoms. The number of benzene rings is 1. The van der Waals surface area contributed by atoms with Gasteiger partial charge in [-0.2, -0.15) is 18.1 Å². The van der Waals surface area contributed by atoms with Crippen LogP contribution in [0.25, 0.3) is 11.5 Å². The van der Waals surface area contributed by atoms with Gasteiger partial charge in [-0.05, 0) is 24.3 Å². The third kappa shape index (κ3) is 4.95. The van der Waals surface area contributed by atoms with E-state index in [-0.39, 0.29) is 28.8 Å². The first-order chi connectivity index (χ1) is 16.2. The predicted octanol–water partition coefficient (Wildman–Crippen LogP) is 4.43. The predicted molar refractivity (Wildman–Crippen MR) is 115 cm³/mol. The van der Waals surface area contributed by atoms with E-state index < -0.39 is 35.1 Å². The number of carbonyl (C=O) groups excluding carboxylic acids is 1. The van der Waals surface area contributed by atoms with Crippen LogP contribution >= 0.6 is 0 Å². The summed E-state index contributed by atoms with van der Waals surface area (Å²) in [6, 6.07) is 6.91. The Labute approximate surface area is 191 Å². The number of aromatic nitrogens is 4. The fourth-order valence-electron chi connectivity index (χ4n) is 3.03. The van der Waals surface area contributed by atoms with Gasteiger partial charge in [0.2, 0.25) is 0 Å². The maximum absolute atomic E-state index is 13.5. The lowest BCUT2D eigenvalue weighted by atomic mass is 10.1. The smallest absolute Gasteiger partial charge is 0.420 e. The SMILES string of the molecule is C=CCOc1c(C(=O)N(C(=O)O)c2cccc(-c3nncn3CC=C)n2)cccc1C(F)(F)F. The molecule has 34 heavy (non-hydrogen) atoms. The zero-order valence-corrected chi connectivity index (χ0v) is 17.6. The Morgan fingerprint density at radius 1 is 1.15 bits per heavy atom. The molecule has 0 radical (unpaired) electrons. The van der Waals surface area contributed by atoms with Crippen LogP contribution in [0.3, 0.4) is 0 Å². The summed E-state index contributed by atoms with van der Waals surface area (Å²) in [4.78, 5) is 29.6. The van der Waals surface area contributed by atoms with E-state index in [1.165, 1.54) is 30.6 Å². The Hall–Kier alpha value is -4.48. The zero-order chi connectivity index (χ0) is 24.9. The highest BCUT2D eigenvalue weighted by Crippen LogP contribution is 2.39. The van der Waals surface area contributed by atoms with Gasteiger partial charge < -0.3 is 14.4 Å². The van der Waals surface area contributed by atoms with Gasteiger partial charge in [0.25, 0.3) is 5.91 Å². The lowest BCUT2D eigenvalue weighted by Gasteiger charge is -2.21. The highest BCUT2D eigenvalue weighted by molar-refractivity contribution is 6.19. The molecule has 2 amide bonds. The van der Waals surface area contributed by atoms with Crippen LogP contribution in [0.1, 0.15) is 15.9 Å². The van der Waals surface area contributed by atoms with Crippen molar-refractivity contribution in [2.45, 2.75) is 12.7 Å². The lowest BCUT2D eigenvalue weighted by molar-refractivity contribution is -0.138. The number of hydrogen-bond donors (Lipinski definition) is 1. The highest BCUT2D eigenvalue weighted by Gasteiger charge is 2.38. The quantitative estimate of drug-likeness (QED) is 0.482. The first-order valence-electron chi connectivity index (χ1n) is 9.66. The molecule has 176 valence electrons. The number of alkyl halides is 3. The summed E-state index contributed by atoms with van der Waals surface area (Å²) in [5.74, 6) is -2.17. The first kappa shape index (κ1) is 24.2. The standard InChI is InChI=1S/C22H18F3N5O4/c1-3-11-29-13-26-28-19(29)16-9-6-10-17(27-16)30(21(32)33)20(31)14-7-5-8-15(22(23,24)25)18(14)34-12-4-2/h3-10,13H,1-2,11-12H2,(H,32,33). The van der Waals surface area contributed by atoms with E-state index in [0.29, 0.717) is 6.54 Å². The van der Waals surface area contributed by atoms with Gasteiger partial charge in [-0.15, -0.1) is 16.8 Å². The van der Waals surface area contributed by atoms with Crippen molar-refractivity contribution in [1.29, 1.82) is 0 Å². The third-order valence-electron chi connectivity index (χ3n) is 4.42. The number of pyridine rings is 1. The molecule has 3 aromatic rings. The van der Waals surface area contributed by atoms with Crippen LogP contribution in [0.5, 0.6) is 5.75 Å². The molecule has 1 N–H and O–H groups in total. The Morgan fingerprint density at radius 3 is 2.53 bits per heavy atom. The number of hydrogen-bond acceptors (Lipinski definition) is 6. The maximum atomic E-state index is 13.5. The van der Waals surface area contributed by atoms with Crippen molar-refractivity contribution in [3.05, 3.63) is 79.2 Å². The Morgan fingerprint density at radius 2 is 1.88 bits per heavy atom. The van der Waals surface area contributed by atoms with Crippen LogP contribution in [-0.4, -0.2) is 43.5 Å². The molecular formula is C22H18F3N5O4. The maximum Gasteiger partial charge on any atom is 0.420 e. The Bertz CT molecular complexity index is 1240. The monoisotopic (exact) mass is 473 g/mol. The topological polar surface area (TPSA) is 110 Å². The molecule has 0 aliphatic heterocycles. The van der Waals surface area contributed by atoms with Crippen LogP contribution in [0.15, 0.2) is 68.0 Å². The van der Waals surface area contributed by atoms with Crippen molar-refractivity contribution in [2.24, 2.45) is 0 Å². The van der Waals surface area contributed by atoms with Crippen molar-refractivity contribution in [3.63, 3.8) is 0 Å². The number of imide groups is 1. The van der Waals surface area contributed by atoms with Gasteiger partial charge in [0, 0.05) is 6.54 Å². The molecule has 0 saturated heterocycles. The average Bonchev–Trinajstić information content (AvgIpc) is 3.25. The summed E-state index contributed by atoms with van der Waals surface area (Å²) in [5.41, 5.74) is -1.66. The van der Waals surface area contributed by atoms with E-state index in [4.69, 9.17) is 4.74 Å². The number of halogens is 3. The van der Waals surface area contributed by atoms with E-state index >= 15 is 0 Å². The average molecular weight is 473 g/mol. The van der Waals surface area contributed by atoms with Crippen molar-refractivity contribution in [3.8, 4) is 17.3 Å². The summed E-state index contributed by atoms with van der Waals surface area (Å²) in [7, 11) is 0. The molecule has 3 rings (SSSR count). The van der Waals surface area contributed by atoms with Gasteiger partial charge in [-0.1, -0.05) is 30.9 Å². The fourth-order valence-corrected chi connectivity index (χ4v) is 3.03. The number of carboxylic acid groups (broad SMARTS) is 1. The molecule has 0 atom stereocenters. The van der Waals surface area contributed by atoms with Crippen LogP contribution in [0, 0.1) is 0 Å². The van der Waals surface area contributed by atoms with E-state index in [1.807, 2.05) is 0 Å². The van der Waals surface area contributed by atoms with Gasteiger partial charge in [0.05, 0.1) is 11.1 Å². The molecule has 0 fully saturated rings. The van der Waals surface area contributed by atoms with Gasteiger partial charge in [-0.3, -0.25) is 4.79 Å². The summed E-state index contributed by atoms with van der Waals surface area (Å²) in [6.45, 7) is 7.00. The number of allylic oxidation sites excluding steroid dienone is 1. The van der Waals surface area contributed by atoms with Crippen LogP contribution in [0.2, 0.25) is 0 Å². The molecular weight excluding hydrogens is 455 g/mol. The van der Waals surface area contributed by atoms with Crippen molar-refractivity contribution in [2.75, 3.05) is 11.5 Å². The molecule has 0 spiro atoms. The van der Waals surface area contributed by atoms with Gasteiger partial charge in [-0.25, -0.2) is 9.78 Å². The number of carbonyl (C=O) groups is 2. The van der Waals surface area contributed by atoms with E-state index in [9.17, 15) is 27.9 Å². The molecule has 0 saturated carbocycles. The third-order valence-corrected chi connectivity index (χ3v) is 4.42. The second-order valence-corrected chi connectivity index (χ2v) is 6.68. The summed E-state index contributed by atoms with van der Waals surface area (Å²) in [5, 5.41) is 17.5. The molecule has 0 aliphatic carbocycles. The van der Waals surface area contributed by atoms with E-state index in [2.05, 4.69) is 28.3 Å². The van der Waals surface area contributed by atoms with Crippen LogP contribution < -0.4 is 9.64 Å². The molecule has 2 aromatic heterocycles. The first-order valence-corrected chi connectivity index (χ1v) is 9.66. The summed E-state index contributed by atoms with van der Waals surface area (Å²) >= 11 is 0. The van der Waals surface area contributed by atoms with Crippen LogP contribution in [0.4, 0.5) is 23.8 Å². The van der Waals surface area contributed by atoms with Crippen molar-refractivity contribution in [1.82, 2.24) is 19.7 Å². The highest BCUT2D eigenvalue weighted by atomic mass is 19.4. The van der Waals surface area contributed by atoms with E-state index in [0.717, 1.165) is 18.2 Å². The summed E-state index contributed by atoms with van der Waals surface area (Å²) < 4.78 is 47.3. The second-order valence-electron chi connectivity index (χ2n) is 6.68. The van der Waals surface area contributed by atoms with E-state index in [1.54, 1.807) is 10.6 Å². The minimum absolute atomic E-state index is 0.183. The van der Waals surface area contributed by atoms with Crippen LogP contribution in [-0.2, 0) is 12.7 Å². The molecule has 9 nitrogen and oxygen atoms in total. The lowest BCUT2D eigenvalue weighted by Crippen LogP contribution is -2.37. The molecule has 0 aliphatic rings. The number of amides is 2. The van der Waals surface area contributed by atoms with Crippen molar-refractivity contribution < 1.29 is 32.6 Å². The molecule has 0 bridgehead atoms. The Kier molecular flexibility index (Phi) is 7.09. The Balaban J connectivity index is 2.10. The fraction of sp³-hybridized carbons (Fsp3) is 0.136. The summed E-state index contributed by atoms with van der Waals surface area (Å²) in [6.07, 6.45) is -2.41. The van der Waals surface area contributed by atoms with Gasteiger partial charge in [0.1, 0.15) is 30.2 Å². The van der Waals surface area contributed by atoms with Crippen molar-refractivity contribution >= 4 is 17.8 Å².